The molecule has 2 atom stereocenters. The van der Waals surface area contributed by atoms with Gasteiger partial charge in [-0.05, 0) is 56.9 Å². The molecule has 1 heterocycles. The third kappa shape index (κ3) is 4.11. The summed E-state index contributed by atoms with van der Waals surface area (Å²) in [6.45, 7) is 5.22. The van der Waals surface area contributed by atoms with Crippen molar-refractivity contribution in [2.45, 2.75) is 51.5 Å². The third-order valence-corrected chi connectivity index (χ3v) is 4.82. The number of rotatable bonds is 6. The zero-order chi connectivity index (χ0) is 13.9. The molecule has 0 aromatic carbocycles. The number of carbonyl (C=O) groups is 1. The van der Waals surface area contributed by atoms with Crippen molar-refractivity contribution >= 4 is 6.09 Å². The lowest BCUT2D eigenvalue weighted by Crippen LogP contribution is -2.51. The van der Waals surface area contributed by atoms with Crippen LogP contribution >= 0.6 is 0 Å². The lowest BCUT2D eigenvalue weighted by atomic mass is 9.90. The van der Waals surface area contributed by atoms with Crippen molar-refractivity contribution in [3.63, 3.8) is 0 Å². The van der Waals surface area contributed by atoms with E-state index in [2.05, 4.69) is 5.32 Å². The predicted octanol–water partition coefficient (Wildman–Crippen LogP) is 2.63. The van der Waals surface area contributed by atoms with Crippen LogP contribution in [0.2, 0.25) is 0 Å². The molecule has 2 aliphatic carbocycles. The summed E-state index contributed by atoms with van der Waals surface area (Å²) >= 11 is 0. The number of hydrogen-bond donors (Lipinski definition) is 1. The van der Waals surface area contributed by atoms with Crippen LogP contribution in [-0.4, -0.2) is 43.3 Å². The molecule has 3 fully saturated rings. The van der Waals surface area contributed by atoms with Gasteiger partial charge in [-0.3, -0.25) is 0 Å². The van der Waals surface area contributed by atoms with Crippen molar-refractivity contribution in [3.8, 4) is 0 Å². The molecular formula is C16H28N2O2. The monoisotopic (exact) mass is 280 g/mol. The Morgan fingerprint density at radius 1 is 1.15 bits per heavy atom. The molecule has 0 spiro atoms. The van der Waals surface area contributed by atoms with Crippen LogP contribution in [-0.2, 0) is 4.74 Å². The minimum atomic E-state index is -0.119. The van der Waals surface area contributed by atoms with Crippen molar-refractivity contribution in [1.29, 1.82) is 0 Å². The van der Waals surface area contributed by atoms with Crippen LogP contribution in [0.3, 0.4) is 0 Å². The summed E-state index contributed by atoms with van der Waals surface area (Å²) < 4.78 is 5.20. The zero-order valence-corrected chi connectivity index (χ0v) is 12.6. The molecule has 1 aliphatic heterocycles. The third-order valence-electron chi connectivity index (χ3n) is 4.82. The van der Waals surface area contributed by atoms with Crippen molar-refractivity contribution < 1.29 is 9.53 Å². The van der Waals surface area contributed by atoms with Crippen molar-refractivity contribution in [3.05, 3.63) is 0 Å². The number of nitrogens with zero attached hydrogens (tertiary/aromatic N) is 1. The molecule has 1 amide bonds. The highest BCUT2D eigenvalue weighted by Crippen LogP contribution is 2.38. The van der Waals surface area contributed by atoms with E-state index in [9.17, 15) is 4.79 Å². The molecule has 3 aliphatic rings. The first kappa shape index (κ1) is 14.2. The molecule has 20 heavy (non-hydrogen) atoms. The second kappa shape index (κ2) is 6.33. The summed E-state index contributed by atoms with van der Waals surface area (Å²) in [5.41, 5.74) is 0. The summed E-state index contributed by atoms with van der Waals surface area (Å²) in [5.74, 6) is 2.50. The molecule has 4 heteroatoms. The highest BCUT2D eigenvalue weighted by Gasteiger charge is 2.34. The average Bonchev–Trinajstić information content (AvgIpc) is 3.31. The van der Waals surface area contributed by atoms with Crippen LogP contribution in [0, 0.1) is 17.8 Å². The van der Waals surface area contributed by atoms with Gasteiger partial charge in [0.25, 0.3) is 0 Å². The minimum absolute atomic E-state index is 0.119. The maximum atomic E-state index is 12.0. The van der Waals surface area contributed by atoms with E-state index in [1.807, 2.05) is 11.8 Å². The summed E-state index contributed by atoms with van der Waals surface area (Å²) in [6, 6.07) is 0.470. The van der Waals surface area contributed by atoms with E-state index in [0.29, 0.717) is 18.6 Å². The van der Waals surface area contributed by atoms with Gasteiger partial charge in [0.15, 0.2) is 0 Å². The van der Waals surface area contributed by atoms with Crippen LogP contribution in [0.25, 0.3) is 0 Å². The van der Waals surface area contributed by atoms with Gasteiger partial charge in [-0.2, -0.15) is 0 Å². The molecule has 0 aromatic rings. The molecule has 2 saturated carbocycles. The second-order valence-electron chi connectivity index (χ2n) is 6.93. The van der Waals surface area contributed by atoms with E-state index in [1.165, 1.54) is 38.5 Å². The maximum absolute atomic E-state index is 12.0. The topological polar surface area (TPSA) is 41.6 Å². The van der Waals surface area contributed by atoms with Crippen molar-refractivity contribution in [1.82, 2.24) is 10.2 Å². The van der Waals surface area contributed by atoms with Gasteiger partial charge >= 0.3 is 6.09 Å². The van der Waals surface area contributed by atoms with Gasteiger partial charge < -0.3 is 15.0 Å². The molecule has 3 rings (SSSR count). The number of ether oxygens (including phenoxy) is 1. The van der Waals surface area contributed by atoms with Gasteiger partial charge in [0.1, 0.15) is 0 Å². The second-order valence-corrected chi connectivity index (χ2v) is 6.93. The van der Waals surface area contributed by atoms with E-state index in [-0.39, 0.29) is 6.09 Å². The fraction of sp³-hybridized carbons (Fsp3) is 0.938. The molecule has 1 N–H and O–H groups in total. The lowest BCUT2D eigenvalue weighted by Gasteiger charge is -2.37. The highest BCUT2D eigenvalue weighted by molar-refractivity contribution is 5.67. The SMILES string of the molecule is CCOC(=O)N1CC(CC2CC2)CC(NCC2CC2)C1. The standard InChI is InChI=1S/C16H28N2O2/c1-2-20-16(19)18-10-14(7-12-3-4-12)8-15(11-18)17-9-13-5-6-13/h12-15,17H,2-11H2,1H3. The Balaban J connectivity index is 1.52. The summed E-state index contributed by atoms with van der Waals surface area (Å²) in [5, 5.41) is 3.68. The van der Waals surface area contributed by atoms with Crippen molar-refractivity contribution in [2.24, 2.45) is 17.8 Å². The number of amides is 1. The number of piperidine rings is 1. The Hall–Kier alpha value is -0.770. The van der Waals surface area contributed by atoms with E-state index < -0.39 is 0 Å². The normalized spacial score (nSPS) is 30.4. The van der Waals surface area contributed by atoms with Gasteiger partial charge in [0, 0.05) is 19.1 Å². The van der Waals surface area contributed by atoms with Gasteiger partial charge in [0.05, 0.1) is 6.61 Å². The molecular weight excluding hydrogens is 252 g/mol. The zero-order valence-electron chi connectivity index (χ0n) is 12.6. The lowest BCUT2D eigenvalue weighted by molar-refractivity contribution is 0.0762. The summed E-state index contributed by atoms with van der Waals surface area (Å²) in [6.07, 6.45) is 7.98. The Morgan fingerprint density at radius 3 is 2.55 bits per heavy atom. The minimum Gasteiger partial charge on any atom is -0.450 e. The highest BCUT2D eigenvalue weighted by atomic mass is 16.6. The van der Waals surface area contributed by atoms with Crippen LogP contribution in [0.1, 0.15) is 45.4 Å². The van der Waals surface area contributed by atoms with E-state index >= 15 is 0 Å². The number of likely N-dealkylation sites (tertiary alicyclic amines) is 1. The molecule has 2 unspecified atom stereocenters. The van der Waals surface area contributed by atoms with Gasteiger partial charge in [-0.15, -0.1) is 0 Å². The van der Waals surface area contributed by atoms with E-state index in [1.54, 1.807) is 0 Å². The molecule has 0 aromatic heterocycles. The first-order valence-corrected chi connectivity index (χ1v) is 8.39. The summed E-state index contributed by atoms with van der Waals surface area (Å²) in [4.78, 5) is 14.0. The smallest absolute Gasteiger partial charge is 0.409 e. The van der Waals surface area contributed by atoms with Crippen LogP contribution < -0.4 is 5.32 Å². The van der Waals surface area contributed by atoms with Gasteiger partial charge in [-0.1, -0.05) is 12.8 Å². The molecule has 114 valence electrons. The Labute approximate surface area is 122 Å². The quantitative estimate of drug-likeness (QED) is 0.813. The Morgan fingerprint density at radius 2 is 1.90 bits per heavy atom. The molecule has 1 saturated heterocycles. The predicted molar refractivity (Wildman–Crippen MR) is 78.6 cm³/mol. The van der Waals surface area contributed by atoms with Crippen LogP contribution in [0.4, 0.5) is 4.79 Å². The number of hydrogen-bond acceptors (Lipinski definition) is 3. The fourth-order valence-electron chi connectivity index (χ4n) is 3.37. The first-order valence-electron chi connectivity index (χ1n) is 8.39. The van der Waals surface area contributed by atoms with Gasteiger partial charge in [0.2, 0.25) is 0 Å². The molecule has 0 bridgehead atoms. The molecule has 0 radical (unpaired) electrons. The average molecular weight is 280 g/mol. The first-order chi connectivity index (χ1) is 9.74. The van der Waals surface area contributed by atoms with Gasteiger partial charge in [-0.25, -0.2) is 4.79 Å². The fourth-order valence-corrected chi connectivity index (χ4v) is 3.37. The van der Waals surface area contributed by atoms with E-state index in [4.69, 9.17) is 4.74 Å². The Kier molecular flexibility index (Phi) is 4.49. The van der Waals surface area contributed by atoms with Crippen molar-refractivity contribution in [2.75, 3.05) is 26.2 Å². The number of carbonyl (C=O) groups excluding carboxylic acids is 1. The van der Waals surface area contributed by atoms with Crippen LogP contribution in [0.5, 0.6) is 0 Å². The molecule has 4 nitrogen and oxygen atoms in total. The largest absolute Gasteiger partial charge is 0.450 e. The van der Waals surface area contributed by atoms with Crippen LogP contribution in [0.15, 0.2) is 0 Å². The summed E-state index contributed by atoms with van der Waals surface area (Å²) in [7, 11) is 0. The maximum Gasteiger partial charge on any atom is 0.409 e. The van der Waals surface area contributed by atoms with E-state index in [0.717, 1.165) is 31.5 Å². The number of nitrogens with one attached hydrogen (secondary N) is 1. The Bertz CT molecular complexity index is 339.